The van der Waals surface area contributed by atoms with Gasteiger partial charge in [0.1, 0.15) is 7.11 Å². The molecule has 0 amide bonds. The van der Waals surface area contributed by atoms with Crippen LogP contribution in [0.3, 0.4) is 0 Å². The molecule has 1 aromatic carbocycles. The number of hydrogen-bond donors (Lipinski definition) is 0. The summed E-state index contributed by atoms with van der Waals surface area (Å²) in [6, 6.07) is 7.64. The molecule has 0 aliphatic rings. The Morgan fingerprint density at radius 1 is 1.40 bits per heavy atom. The standard InChI is InChI=1S/C12H15NO2/c1-4-11(14)12(13-15-3)10-8-6-5-7-9(10)2/h5-8H,4H2,1-3H3. The Bertz CT molecular complexity index is 383. The summed E-state index contributed by atoms with van der Waals surface area (Å²) in [4.78, 5) is 16.3. The minimum atomic E-state index is -0.00819. The van der Waals surface area contributed by atoms with Gasteiger partial charge >= 0.3 is 0 Å². The highest BCUT2D eigenvalue weighted by Crippen LogP contribution is 2.10. The molecule has 1 aromatic rings. The van der Waals surface area contributed by atoms with E-state index in [2.05, 4.69) is 5.16 Å². The van der Waals surface area contributed by atoms with E-state index in [0.717, 1.165) is 11.1 Å². The van der Waals surface area contributed by atoms with Crippen molar-refractivity contribution in [3.63, 3.8) is 0 Å². The van der Waals surface area contributed by atoms with E-state index < -0.39 is 0 Å². The number of Topliss-reactive ketones (excluding diaryl/α,β-unsaturated/α-hetero) is 1. The molecule has 0 heterocycles. The number of rotatable bonds is 4. The quantitative estimate of drug-likeness (QED) is 0.559. The number of nitrogens with zero attached hydrogens (tertiary/aromatic N) is 1. The van der Waals surface area contributed by atoms with E-state index in [0.29, 0.717) is 12.1 Å². The summed E-state index contributed by atoms with van der Waals surface area (Å²) in [5.74, 6) is -0.00819. The molecule has 0 N–H and O–H groups in total. The summed E-state index contributed by atoms with van der Waals surface area (Å²) in [5.41, 5.74) is 2.26. The van der Waals surface area contributed by atoms with Gasteiger partial charge in [-0.2, -0.15) is 0 Å². The second-order valence-corrected chi connectivity index (χ2v) is 3.21. The van der Waals surface area contributed by atoms with Crippen molar-refractivity contribution >= 4 is 11.5 Å². The number of oxime groups is 1. The van der Waals surface area contributed by atoms with E-state index >= 15 is 0 Å². The van der Waals surface area contributed by atoms with Gasteiger partial charge in [-0.25, -0.2) is 0 Å². The Morgan fingerprint density at radius 2 is 2.07 bits per heavy atom. The number of carbonyl (C=O) groups is 1. The predicted molar refractivity (Wildman–Crippen MR) is 60.0 cm³/mol. The lowest BCUT2D eigenvalue weighted by atomic mass is 10.0. The van der Waals surface area contributed by atoms with Crippen LogP contribution in [0.2, 0.25) is 0 Å². The Balaban J connectivity index is 3.17. The highest BCUT2D eigenvalue weighted by atomic mass is 16.6. The average molecular weight is 205 g/mol. The zero-order valence-electron chi connectivity index (χ0n) is 9.28. The molecule has 0 atom stereocenters. The molecule has 0 aromatic heterocycles. The monoisotopic (exact) mass is 205 g/mol. The van der Waals surface area contributed by atoms with E-state index in [1.807, 2.05) is 38.1 Å². The van der Waals surface area contributed by atoms with Gasteiger partial charge in [-0.15, -0.1) is 0 Å². The molecule has 0 spiro atoms. The fraction of sp³-hybridized carbons (Fsp3) is 0.333. The van der Waals surface area contributed by atoms with Gasteiger partial charge in [-0.3, -0.25) is 4.79 Å². The Kier molecular flexibility index (Phi) is 4.03. The molecule has 0 saturated heterocycles. The molecule has 15 heavy (non-hydrogen) atoms. The van der Waals surface area contributed by atoms with Crippen LogP contribution in [0.5, 0.6) is 0 Å². The Morgan fingerprint density at radius 3 is 2.60 bits per heavy atom. The van der Waals surface area contributed by atoms with Crippen molar-refractivity contribution < 1.29 is 9.63 Å². The maximum absolute atomic E-state index is 11.6. The van der Waals surface area contributed by atoms with Crippen LogP contribution in [0, 0.1) is 6.92 Å². The van der Waals surface area contributed by atoms with Crippen LogP contribution in [-0.2, 0) is 9.63 Å². The molecule has 0 saturated carbocycles. The van der Waals surface area contributed by atoms with Gasteiger partial charge in [-0.1, -0.05) is 36.3 Å². The molecule has 1 rings (SSSR count). The first-order valence-corrected chi connectivity index (χ1v) is 4.91. The van der Waals surface area contributed by atoms with Crippen molar-refractivity contribution in [2.75, 3.05) is 7.11 Å². The number of ketones is 1. The van der Waals surface area contributed by atoms with Gasteiger partial charge in [-0.05, 0) is 12.5 Å². The summed E-state index contributed by atoms with van der Waals surface area (Å²) in [6.07, 6.45) is 0.427. The van der Waals surface area contributed by atoms with Crippen molar-refractivity contribution in [3.05, 3.63) is 35.4 Å². The number of benzene rings is 1. The van der Waals surface area contributed by atoms with Gasteiger partial charge in [0.15, 0.2) is 11.5 Å². The van der Waals surface area contributed by atoms with Gasteiger partial charge in [0.25, 0.3) is 0 Å². The van der Waals surface area contributed by atoms with E-state index in [4.69, 9.17) is 4.84 Å². The maximum Gasteiger partial charge on any atom is 0.184 e. The molecular formula is C12H15NO2. The van der Waals surface area contributed by atoms with E-state index in [1.54, 1.807) is 0 Å². The topological polar surface area (TPSA) is 38.7 Å². The smallest absolute Gasteiger partial charge is 0.184 e. The summed E-state index contributed by atoms with van der Waals surface area (Å²) < 4.78 is 0. The highest BCUT2D eigenvalue weighted by Gasteiger charge is 2.14. The van der Waals surface area contributed by atoms with Crippen LogP contribution in [0.15, 0.2) is 29.4 Å². The fourth-order valence-corrected chi connectivity index (χ4v) is 1.35. The van der Waals surface area contributed by atoms with Crippen LogP contribution < -0.4 is 0 Å². The third-order valence-electron chi connectivity index (χ3n) is 2.17. The lowest BCUT2D eigenvalue weighted by Gasteiger charge is -2.06. The average Bonchev–Trinajstić information content (AvgIpc) is 2.26. The first kappa shape index (κ1) is 11.4. The highest BCUT2D eigenvalue weighted by molar-refractivity contribution is 6.46. The fourth-order valence-electron chi connectivity index (χ4n) is 1.35. The molecule has 0 aliphatic heterocycles. The van der Waals surface area contributed by atoms with Gasteiger partial charge in [0.05, 0.1) is 0 Å². The maximum atomic E-state index is 11.6. The SMILES string of the molecule is CCC(=O)C(=NOC)c1ccccc1C. The van der Waals surface area contributed by atoms with E-state index in [9.17, 15) is 4.79 Å². The molecule has 0 radical (unpaired) electrons. The van der Waals surface area contributed by atoms with E-state index in [-0.39, 0.29) is 5.78 Å². The first-order chi connectivity index (χ1) is 7.20. The summed E-state index contributed by atoms with van der Waals surface area (Å²) >= 11 is 0. The molecule has 0 aliphatic carbocycles. The van der Waals surface area contributed by atoms with Crippen molar-refractivity contribution in [3.8, 4) is 0 Å². The van der Waals surface area contributed by atoms with E-state index in [1.165, 1.54) is 7.11 Å². The first-order valence-electron chi connectivity index (χ1n) is 4.91. The minimum absolute atomic E-state index is 0.00819. The van der Waals surface area contributed by atoms with Gasteiger partial charge in [0, 0.05) is 12.0 Å². The normalized spacial score (nSPS) is 11.3. The largest absolute Gasteiger partial charge is 0.399 e. The van der Waals surface area contributed by atoms with Crippen LogP contribution in [-0.4, -0.2) is 18.6 Å². The lowest BCUT2D eigenvalue weighted by molar-refractivity contribution is -0.112. The number of hydrogen-bond acceptors (Lipinski definition) is 3. The van der Waals surface area contributed by atoms with Crippen molar-refractivity contribution in [2.45, 2.75) is 20.3 Å². The zero-order chi connectivity index (χ0) is 11.3. The molecule has 0 bridgehead atoms. The molecule has 0 unspecified atom stereocenters. The second-order valence-electron chi connectivity index (χ2n) is 3.21. The number of carbonyl (C=O) groups excluding carboxylic acids is 1. The minimum Gasteiger partial charge on any atom is -0.399 e. The third kappa shape index (κ3) is 2.65. The summed E-state index contributed by atoms with van der Waals surface area (Å²) in [6.45, 7) is 3.76. The summed E-state index contributed by atoms with van der Waals surface area (Å²) in [5, 5.41) is 3.79. The van der Waals surface area contributed by atoms with Crippen LogP contribution in [0.25, 0.3) is 0 Å². The van der Waals surface area contributed by atoms with Crippen molar-refractivity contribution in [1.29, 1.82) is 0 Å². The Labute approximate surface area is 89.7 Å². The molecule has 0 fully saturated rings. The van der Waals surface area contributed by atoms with Crippen molar-refractivity contribution in [1.82, 2.24) is 0 Å². The van der Waals surface area contributed by atoms with Gasteiger partial charge < -0.3 is 4.84 Å². The molecule has 80 valence electrons. The molecule has 3 nitrogen and oxygen atoms in total. The summed E-state index contributed by atoms with van der Waals surface area (Å²) in [7, 11) is 1.45. The molecular weight excluding hydrogens is 190 g/mol. The van der Waals surface area contributed by atoms with Crippen molar-refractivity contribution in [2.24, 2.45) is 5.16 Å². The Hall–Kier alpha value is -1.64. The lowest BCUT2D eigenvalue weighted by Crippen LogP contribution is -2.16. The van der Waals surface area contributed by atoms with Crippen LogP contribution in [0.1, 0.15) is 24.5 Å². The third-order valence-corrected chi connectivity index (χ3v) is 2.17. The second kappa shape index (κ2) is 5.29. The van der Waals surface area contributed by atoms with Gasteiger partial charge in [0.2, 0.25) is 0 Å². The van der Waals surface area contributed by atoms with Crippen LogP contribution in [0.4, 0.5) is 0 Å². The zero-order valence-corrected chi connectivity index (χ0v) is 9.28. The van der Waals surface area contributed by atoms with Crippen LogP contribution >= 0.6 is 0 Å². The molecule has 3 heteroatoms. The number of aryl methyl sites for hydroxylation is 1. The predicted octanol–water partition coefficient (Wildman–Crippen LogP) is 2.32.